The zero-order chi connectivity index (χ0) is 24.2. The number of hydrogen-bond donors (Lipinski definition) is 5. The van der Waals surface area contributed by atoms with Gasteiger partial charge in [0, 0.05) is 19.6 Å². The Labute approximate surface area is 195 Å². The summed E-state index contributed by atoms with van der Waals surface area (Å²) in [5.41, 5.74) is 12.3. The van der Waals surface area contributed by atoms with Gasteiger partial charge in [-0.25, -0.2) is 8.42 Å². The molecule has 1 aromatic carbocycles. The first-order valence-electron chi connectivity index (χ1n) is 11.5. The van der Waals surface area contributed by atoms with Crippen LogP contribution in [0.1, 0.15) is 45.1 Å². The molecule has 0 spiro atoms. The zero-order valence-electron chi connectivity index (χ0n) is 19.3. The molecule has 4 unspecified atom stereocenters. The van der Waals surface area contributed by atoms with E-state index in [0.29, 0.717) is 43.5 Å². The number of anilines is 1. The summed E-state index contributed by atoms with van der Waals surface area (Å²) in [5.74, 6) is 0.200. The van der Waals surface area contributed by atoms with Gasteiger partial charge in [-0.05, 0) is 55.6 Å². The van der Waals surface area contributed by atoms with Gasteiger partial charge >= 0.3 is 0 Å². The van der Waals surface area contributed by atoms with E-state index in [9.17, 15) is 18.3 Å². The van der Waals surface area contributed by atoms with Crippen molar-refractivity contribution in [1.29, 1.82) is 0 Å². The van der Waals surface area contributed by atoms with E-state index in [0.717, 1.165) is 18.4 Å². The van der Waals surface area contributed by atoms with Gasteiger partial charge < -0.3 is 26.8 Å². The molecule has 10 nitrogen and oxygen atoms in total. The number of sulfonamides is 1. The first-order valence-corrected chi connectivity index (χ1v) is 13.0. The fourth-order valence-electron chi connectivity index (χ4n) is 4.45. The number of carbonyl (C=O) groups excluding carboxylic acids is 1. The highest BCUT2D eigenvalue weighted by Gasteiger charge is 2.35. The largest absolute Gasteiger partial charge is 0.383 e. The van der Waals surface area contributed by atoms with E-state index in [-0.39, 0.29) is 23.8 Å². The lowest BCUT2D eigenvalue weighted by atomic mass is 9.96. The standard InChI is InChI=1S/C22H36N6O4S/c1-14-8-10-28(19(29)12-14)21(30)17(6-4-9-25-22(23)24)27-33(31,32)18-7-3-5-16-11-15(2)13-26-20(16)18/h3,5,7,14-15,17,19,26-27,29H,4,6,8-13H2,1-2H3,(H4,23,24,25). The Hall–Kier alpha value is -2.37. The molecule has 33 heavy (non-hydrogen) atoms. The molecule has 3 rings (SSSR count). The van der Waals surface area contributed by atoms with Gasteiger partial charge in [-0.2, -0.15) is 4.72 Å². The molecule has 4 atom stereocenters. The normalized spacial score (nSPS) is 23.8. The number of amides is 1. The molecule has 184 valence electrons. The number of hydrogen-bond acceptors (Lipinski definition) is 6. The summed E-state index contributed by atoms with van der Waals surface area (Å²) >= 11 is 0. The van der Waals surface area contributed by atoms with Gasteiger partial charge in [0.2, 0.25) is 15.9 Å². The third-order valence-electron chi connectivity index (χ3n) is 6.26. The van der Waals surface area contributed by atoms with Crippen LogP contribution < -0.4 is 21.5 Å². The Morgan fingerprint density at radius 1 is 1.33 bits per heavy atom. The van der Waals surface area contributed by atoms with E-state index in [1.54, 1.807) is 12.1 Å². The van der Waals surface area contributed by atoms with Crippen molar-refractivity contribution in [3.05, 3.63) is 23.8 Å². The Bertz CT molecular complexity index is 979. The lowest BCUT2D eigenvalue weighted by molar-refractivity contribution is -0.148. The van der Waals surface area contributed by atoms with Gasteiger partial charge in [0.25, 0.3) is 0 Å². The smallest absolute Gasteiger partial charge is 0.243 e. The SMILES string of the molecule is CC1CNc2c(cccc2S(=O)(=O)NC(CCCN=C(N)N)C(=O)N2CCC(C)CC2O)C1. The second kappa shape index (κ2) is 10.7. The van der Waals surface area contributed by atoms with Gasteiger partial charge in [-0.3, -0.25) is 9.79 Å². The number of piperidine rings is 1. The number of benzene rings is 1. The molecule has 1 saturated heterocycles. The Morgan fingerprint density at radius 2 is 2.09 bits per heavy atom. The number of aliphatic hydroxyl groups excluding tert-OH is 1. The number of carbonyl (C=O) groups is 1. The van der Waals surface area contributed by atoms with Crippen molar-refractivity contribution < 1.29 is 18.3 Å². The van der Waals surface area contributed by atoms with Crippen molar-refractivity contribution in [2.45, 2.75) is 63.1 Å². The van der Waals surface area contributed by atoms with E-state index < -0.39 is 28.2 Å². The van der Waals surface area contributed by atoms with Crippen LogP contribution in [0.4, 0.5) is 5.69 Å². The second-order valence-electron chi connectivity index (χ2n) is 9.24. The average Bonchev–Trinajstić information content (AvgIpc) is 2.74. The Morgan fingerprint density at radius 3 is 2.79 bits per heavy atom. The number of aliphatic hydroxyl groups is 1. The maximum Gasteiger partial charge on any atom is 0.243 e. The highest BCUT2D eigenvalue weighted by Crippen LogP contribution is 2.31. The summed E-state index contributed by atoms with van der Waals surface area (Å²) < 4.78 is 29.4. The van der Waals surface area contributed by atoms with Crippen LogP contribution in [0.5, 0.6) is 0 Å². The number of guanidine groups is 1. The highest BCUT2D eigenvalue weighted by atomic mass is 32.2. The predicted molar refractivity (Wildman–Crippen MR) is 128 cm³/mol. The number of nitrogens with one attached hydrogen (secondary N) is 2. The number of para-hydroxylation sites is 1. The quantitative estimate of drug-likeness (QED) is 0.206. The maximum atomic E-state index is 13.4. The number of rotatable bonds is 8. The van der Waals surface area contributed by atoms with Crippen LogP contribution in [-0.2, 0) is 21.2 Å². The number of nitrogens with zero attached hydrogens (tertiary/aromatic N) is 2. The minimum atomic E-state index is -4.01. The number of likely N-dealkylation sites (tertiary alicyclic amines) is 1. The van der Waals surface area contributed by atoms with Crippen LogP contribution >= 0.6 is 0 Å². The molecule has 1 aromatic rings. The molecule has 11 heteroatoms. The third kappa shape index (κ3) is 6.36. The van der Waals surface area contributed by atoms with Crippen molar-refractivity contribution in [2.24, 2.45) is 28.3 Å². The van der Waals surface area contributed by atoms with E-state index in [4.69, 9.17) is 11.5 Å². The average molecular weight is 481 g/mol. The molecule has 0 aromatic heterocycles. The zero-order valence-corrected chi connectivity index (χ0v) is 20.1. The van der Waals surface area contributed by atoms with Crippen LogP contribution in [0.25, 0.3) is 0 Å². The molecule has 2 aliphatic rings. The molecular formula is C22H36N6O4S. The van der Waals surface area contributed by atoms with Crippen molar-refractivity contribution in [3.8, 4) is 0 Å². The lowest BCUT2D eigenvalue weighted by Crippen LogP contribution is -2.54. The third-order valence-corrected chi connectivity index (χ3v) is 7.77. The van der Waals surface area contributed by atoms with Crippen LogP contribution in [0, 0.1) is 11.8 Å². The Kier molecular flexibility index (Phi) is 8.19. The molecule has 1 amide bonds. The molecular weight excluding hydrogens is 444 g/mol. The first kappa shape index (κ1) is 25.3. The maximum absolute atomic E-state index is 13.4. The number of fused-ring (bicyclic) bond motifs is 1. The summed E-state index contributed by atoms with van der Waals surface area (Å²) in [4.78, 5) is 18.7. The van der Waals surface area contributed by atoms with E-state index in [1.807, 2.05) is 13.0 Å². The number of nitrogens with two attached hydrogens (primary N) is 2. The van der Waals surface area contributed by atoms with Crippen LogP contribution in [-0.4, -0.2) is 62.2 Å². The minimum absolute atomic E-state index is 0.0601. The van der Waals surface area contributed by atoms with Crippen LogP contribution in [0.3, 0.4) is 0 Å². The first-order chi connectivity index (χ1) is 15.6. The lowest BCUT2D eigenvalue weighted by Gasteiger charge is -2.37. The number of aliphatic imine (C=N–C) groups is 1. The Balaban J connectivity index is 1.83. The molecule has 0 radical (unpaired) electrons. The molecule has 7 N–H and O–H groups in total. The van der Waals surface area contributed by atoms with Gasteiger partial charge in [-0.1, -0.05) is 26.0 Å². The predicted octanol–water partition coefficient (Wildman–Crippen LogP) is 0.568. The van der Waals surface area contributed by atoms with Crippen LogP contribution in [0.15, 0.2) is 28.1 Å². The summed E-state index contributed by atoms with van der Waals surface area (Å²) in [6.45, 7) is 5.46. The molecule has 1 fully saturated rings. The van der Waals surface area contributed by atoms with E-state index in [2.05, 4.69) is 22.0 Å². The molecule has 0 aliphatic carbocycles. The van der Waals surface area contributed by atoms with Crippen molar-refractivity contribution in [1.82, 2.24) is 9.62 Å². The highest BCUT2D eigenvalue weighted by molar-refractivity contribution is 7.89. The topological polar surface area (TPSA) is 163 Å². The van der Waals surface area contributed by atoms with Gasteiger partial charge in [0.15, 0.2) is 5.96 Å². The molecule has 0 saturated carbocycles. The fourth-order valence-corrected chi connectivity index (χ4v) is 5.90. The summed E-state index contributed by atoms with van der Waals surface area (Å²) in [6.07, 6.45) is 1.68. The van der Waals surface area contributed by atoms with Gasteiger partial charge in [0.1, 0.15) is 17.2 Å². The molecule has 0 bridgehead atoms. The van der Waals surface area contributed by atoms with E-state index in [1.165, 1.54) is 4.90 Å². The monoisotopic (exact) mass is 480 g/mol. The minimum Gasteiger partial charge on any atom is -0.383 e. The fraction of sp³-hybridized carbons (Fsp3) is 0.636. The van der Waals surface area contributed by atoms with Crippen molar-refractivity contribution >= 4 is 27.6 Å². The van der Waals surface area contributed by atoms with Gasteiger partial charge in [0.05, 0.1) is 5.69 Å². The summed E-state index contributed by atoms with van der Waals surface area (Å²) in [5, 5.41) is 13.7. The van der Waals surface area contributed by atoms with Crippen molar-refractivity contribution in [2.75, 3.05) is 25.0 Å². The van der Waals surface area contributed by atoms with Gasteiger partial charge in [-0.15, -0.1) is 0 Å². The van der Waals surface area contributed by atoms with E-state index >= 15 is 0 Å². The molecule has 2 aliphatic heterocycles. The summed E-state index contributed by atoms with van der Waals surface area (Å²) in [6, 6.07) is 4.15. The molecule has 2 heterocycles. The van der Waals surface area contributed by atoms with Crippen LogP contribution in [0.2, 0.25) is 0 Å². The summed E-state index contributed by atoms with van der Waals surface area (Å²) in [7, 11) is -4.01. The second-order valence-corrected chi connectivity index (χ2v) is 10.9. The van der Waals surface area contributed by atoms with Crippen molar-refractivity contribution in [3.63, 3.8) is 0 Å².